The van der Waals surface area contributed by atoms with E-state index >= 15 is 0 Å². The molecule has 0 bridgehead atoms. The number of oxazole rings is 1. The Balaban J connectivity index is 2.00. The zero-order chi connectivity index (χ0) is 14.5. The van der Waals surface area contributed by atoms with Gasteiger partial charge in [-0.1, -0.05) is 0 Å². The van der Waals surface area contributed by atoms with E-state index in [1.807, 2.05) is 0 Å². The van der Waals surface area contributed by atoms with E-state index in [0.29, 0.717) is 13.0 Å². The summed E-state index contributed by atoms with van der Waals surface area (Å²) in [5.41, 5.74) is 5.58. The monoisotopic (exact) mass is 282 g/mol. The van der Waals surface area contributed by atoms with Crippen molar-refractivity contribution in [2.75, 3.05) is 13.2 Å². The smallest absolute Gasteiger partial charge is 0.273 e. The van der Waals surface area contributed by atoms with Crippen molar-refractivity contribution in [2.45, 2.75) is 31.3 Å². The summed E-state index contributed by atoms with van der Waals surface area (Å²) < 4.78 is 5.02. The Kier molecular flexibility index (Phi) is 4.70. The zero-order valence-corrected chi connectivity index (χ0v) is 11.0. The number of rotatable bonds is 4. The average Bonchev–Trinajstić information content (AvgIpc) is 2.86. The topological polar surface area (TPSA) is 130 Å². The van der Waals surface area contributed by atoms with E-state index in [-0.39, 0.29) is 24.1 Å². The summed E-state index contributed by atoms with van der Waals surface area (Å²) in [6.07, 6.45) is 3.52. The molecular weight excluding hydrogens is 264 g/mol. The number of aromatic nitrogens is 1. The lowest BCUT2D eigenvalue weighted by molar-refractivity contribution is -0.122. The van der Waals surface area contributed by atoms with Crippen molar-refractivity contribution in [3.63, 3.8) is 0 Å². The van der Waals surface area contributed by atoms with Crippen molar-refractivity contribution in [1.82, 2.24) is 15.6 Å². The van der Waals surface area contributed by atoms with Gasteiger partial charge in [-0.25, -0.2) is 4.98 Å². The molecule has 2 amide bonds. The molecule has 1 fully saturated rings. The minimum atomic E-state index is -0.766. The molecule has 0 radical (unpaired) electrons. The van der Waals surface area contributed by atoms with Crippen molar-refractivity contribution in [1.29, 1.82) is 0 Å². The molecule has 1 aromatic heterocycles. The maximum atomic E-state index is 12.0. The van der Waals surface area contributed by atoms with Crippen LogP contribution in [0.25, 0.3) is 0 Å². The summed E-state index contributed by atoms with van der Waals surface area (Å²) in [5, 5.41) is 14.2. The maximum Gasteiger partial charge on any atom is 0.273 e. The van der Waals surface area contributed by atoms with Crippen LogP contribution < -0.4 is 16.4 Å². The molecule has 0 saturated carbocycles. The number of amides is 2. The van der Waals surface area contributed by atoms with Gasteiger partial charge in [-0.15, -0.1) is 0 Å². The maximum absolute atomic E-state index is 12.0. The van der Waals surface area contributed by atoms with Crippen LogP contribution in [0, 0.1) is 0 Å². The van der Waals surface area contributed by atoms with Crippen molar-refractivity contribution in [2.24, 2.45) is 5.73 Å². The van der Waals surface area contributed by atoms with Crippen LogP contribution in [0.2, 0.25) is 0 Å². The third kappa shape index (κ3) is 3.34. The van der Waals surface area contributed by atoms with Crippen molar-refractivity contribution >= 4 is 11.8 Å². The third-order valence-corrected chi connectivity index (χ3v) is 3.11. The van der Waals surface area contributed by atoms with Crippen LogP contribution in [0.3, 0.4) is 0 Å². The van der Waals surface area contributed by atoms with Gasteiger partial charge in [-0.3, -0.25) is 9.59 Å². The molecule has 0 spiro atoms. The second-order valence-electron chi connectivity index (χ2n) is 4.67. The fourth-order valence-corrected chi connectivity index (χ4v) is 1.95. The minimum absolute atomic E-state index is 0.0425. The molecule has 20 heavy (non-hydrogen) atoms. The normalized spacial score (nSPS) is 20.9. The molecule has 2 heterocycles. The predicted octanol–water partition coefficient (Wildman–Crippen LogP) is -0.935. The molecule has 1 saturated heterocycles. The third-order valence-electron chi connectivity index (χ3n) is 3.11. The summed E-state index contributed by atoms with van der Waals surface area (Å²) in [6, 6.07) is -1.32. The summed E-state index contributed by atoms with van der Waals surface area (Å²) in [7, 11) is 0. The van der Waals surface area contributed by atoms with E-state index in [2.05, 4.69) is 15.6 Å². The quantitative estimate of drug-likeness (QED) is 0.564. The molecule has 8 nitrogen and oxygen atoms in total. The highest BCUT2D eigenvalue weighted by Gasteiger charge is 2.24. The fraction of sp³-hybridized carbons (Fsp3) is 0.583. The molecule has 1 aliphatic rings. The lowest BCUT2D eigenvalue weighted by Gasteiger charge is -2.13. The van der Waals surface area contributed by atoms with Gasteiger partial charge < -0.3 is 25.9 Å². The molecule has 2 unspecified atom stereocenters. The van der Waals surface area contributed by atoms with Crippen LogP contribution in [0.5, 0.6) is 0 Å². The molecule has 8 heteroatoms. The number of nitrogens with zero attached hydrogens (tertiary/aromatic N) is 1. The van der Waals surface area contributed by atoms with Crippen molar-refractivity contribution < 1.29 is 19.1 Å². The van der Waals surface area contributed by atoms with Gasteiger partial charge in [0.05, 0.1) is 6.61 Å². The molecule has 0 aromatic carbocycles. The van der Waals surface area contributed by atoms with E-state index in [0.717, 1.165) is 19.1 Å². The lowest BCUT2D eigenvalue weighted by Crippen LogP contribution is -2.45. The van der Waals surface area contributed by atoms with Gasteiger partial charge in [-0.05, 0) is 19.3 Å². The first kappa shape index (κ1) is 14.5. The van der Waals surface area contributed by atoms with E-state index in [1.54, 1.807) is 0 Å². The number of nitrogens with one attached hydrogen (secondary N) is 2. The van der Waals surface area contributed by atoms with Gasteiger partial charge in [0.1, 0.15) is 18.3 Å². The van der Waals surface area contributed by atoms with Crippen LogP contribution in [-0.2, 0) is 4.79 Å². The molecule has 110 valence electrons. The first-order valence-corrected chi connectivity index (χ1v) is 6.52. The first-order valence-electron chi connectivity index (χ1n) is 6.52. The lowest BCUT2D eigenvalue weighted by atomic mass is 10.1. The molecule has 5 N–H and O–H groups in total. The predicted molar refractivity (Wildman–Crippen MR) is 68.6 cm³/mol. The molecule has 1 aromatic rings. The van der Waals surface area contributed by atoms with Crippen molar-refractivity contribution in [3.05, 3.63) is 17.8 Å². The minimum Gasteiger partial charge on any atom is -0.446 e. The number of carbonyl (C=O) groups is 2. The van der Waals surface area contributed by atoms with Crippen LogP contribution in [-0.4, -0.2) is 41.1 Å². The van der Waals surface area contributed by atoms with E-state index in [4.69, 9.17) is 15.3 Å². The molecule has 2 rings (SSSR count). The number of nitrogens with two attached hydrogens (primary N) is 1. The summed E-state index contributed by atoms with van der Waals surface area (Å²) >= 11 is 0. The van der Waals surface area contributed by atoms with Gasteiger partial charge in [0.2, 0.25) is 11.8 Å². The van der Waals surface area contributed by atoms with E-state index in [9.17, 15) is 9.59 Å². The Bertz CT molecular complexity index is 488. The SMILES string of the molecule is NC(CO)c1nc(C(=O)NC2CCCCNC2=O)co1. The molecular formula is C12H18N4O4. The highest BCUT2D eigenvalue weighted by atomic mass is 16.3. The Morgan fingerprint density at radius 1 is 1.65 bits per heavy atom. The Labute approximate surface area is 115 Å². The highest BCUT2D eigenvalue weighted by molar-refractivity contribution is 5.95. The van der Waals surface area contributed by atoms with E-state index < -0.39 is 18.0 Å². The van der Waals surface area contributed by atoms with Crippen LogP contribution in [0.1, 0.15) is 41.7 Å². The second kappa shape index (κ2) is 6.49. The highest BCUT2D eigenvalue weighted by Crippen LogP contribution is 2.11. The van der Waals surface area contributed by atoms with Gasteiger partial charge >= 0.3 is 0 Å². The van der Waals surface area contributed by atoms with Gasteiger partial charge in [0.15, 0.2) is 5.69 Å². The Morgan fingerprint density at radius 2 is 2.45 bits per heavy atom. The van der Waals surface area contributed by atoms with Crippen LogP contribution in [0.15, 0.2) is 10.7 Å². The van der Waals surface area contributed by atoms with Crippen LogP contribution in [0.4, 0.5) is 0 Å². The number of aliphatic hydroxyl groups excluding tert-OH is 1. The standard InChI is InChI=1S/C12H18N4O4/c13-7(5-17)12-16-9(6-20-12)11(19)15-8-3-1-2-4-14-10(8)18/h6-8,17H,1-5,13H2,(H,14,18)(H,15,19). The second-order valence-corrected chi connectivity index (χ2v) is 4.67. The molecule has 1 aliphatic heterocycles. The average molecular weight is 282 g/mol. The number of carbonyl (C=O) groups excluding carboxylic acids is 2. The number of aliphatic hydroxyl groups is 1. The molecule has 2 atom stereocenters. The van der Waals surface area contributed by atoms with Gasteiger partial charge in [-0.2, -0.15) is 0 Å². The number of hydrogen-bond donors (Lipinski definition) is 4. The Hall–Kier alpha value is -1.93. The summed E-state index contributed by atoms with van der Waals surface area (Å²) in [4.78, 5) is 27.6. The van der Waals surface area contributed by atoms with E-state index in [1.165, 1.54) is 0 Å². The largest absolute Gasteiger partial charge is 0.446 e. The molecule has 0 aliphatic carbocycles. The van der Waals surface area contributed by atoms with Gasteiger partial charge in [0.25, 0.3) is 5.91 Å². The fourth-order valence-electron chi connectivity index (χ4n) is 1.95. The van der Waals surface area contributed by atoms with Gasteiger partial charge in [0, 0.05) is 6.54 Å². The first-order chi connectivity index (χ1) is 9.61. The summed E-state index contributed by atoms with van der Waals surface area (Å²) in [6.45, 7) is 0.303. The Morgan fingerprint density at radius 3 is 3.20 bits per heavy atom. The number of hydrogen-bond acceptors (Lipinski definition) is 6. The summed E-state index contributed by atoms with van der Waals surface area (Å²) in [5.74, 6) is -0.596. The van der Waals surface area contributed by atoms with Crippen molar-refractivity contribution in [3.8, 4) is 0 Å². The van der Waals surface area contributed by atoms with Crippen LogP contribution >= 0.6 is 0 Å². The zero-order valence-electron chi connectivity index (χ0n) is 11.0.